The summed E-state index contributed by atoms with van der Waals surface area (Å²) in [7, 11) is 1.87. The number of para-hydroxylation sites is 2. The molecule has 2 aromatic heterocycles. The minimum absolute atomic E-state index is 0.181. The average molecular weight is 500 g/mol. The van der Waals surface area contributed by atoms with Crippen molar-refractivity contribution < 1.29 is 9.53 Å². The van der Waals surface area contributed by atoms with Crippen molar-refractivity contribution in [2.75, 3.05) is 5.32 Å². The zero-order chi connectivity index (χ0) is 25.2. The van der Waals surface area contributed by atoms with Gasteiger partial charge in [0.25, 0.3) is 5.56 Å². The van der Waals surface area contributed by atoms with Crippen LogP contribution in [0.25, 0.3) is 6.08 Å². The molecule has 182 valence electrons. The first-order valence-corrected chi connectivity index (χ1v) is 12.5. The highest BCUT2D eigenvalue weighted by atomic mass is 32.1. The molecule has 6 rings (SSSR count). The third-order valence-corrected chi connectivity index (χ3v) is 8.11. The van der Waals surface area contributed by atoms with E-state index in [-0.39, 0.29) is 11.5 Å². The highest BCUT2D eigenvalue weighted by Gasteiger charge is 2.55. The summed E-state index contributed by atoms with van der Waals surface area (Å²) < 4.78 is 10.3. The number of carbonyl (C=O) groups excluding carboxylic acids is 1. The van der Waals surface area contributed by atoms with E-state index in [2.05, 4.69) is 10.4 Å². The number of amides is 1. The first-order valence-electron chi connectivity index (χ1n) is 11.7. The molecule has 2 aliphatic rings. The van der Waals surface area contributed by atoms with Crippen LogP contribution >= 0.6 is 11.3 Å². The van der Waals surface area contributed by atoms with E-state index < -0.39 is 17.7 Å². The second kappa shape index (κ2) is 8.03. The van der Waals surface area contributed by atoms with Crippen LogP contribution in [0.3, 0.4) is 0 Å². The van der Waals surface area contributed by atoms with Crippen molar-refractivity contribution in [1.82, 2.24) is 14.3 Å². The number of rotatable bonds is 3. The quantitative estimate of drug-likeness (QED) is 0.469. The Kier molecular flexibility index (Phi) is 5.01. The molecule has 0 saturated carbocycles. The maximum absolute atomic E-state index is 13.8. The maximum Gasteiger partial charge on any atom is 0.270 e. The maximum atomic E-state index is 13.8. The van der Waals surface area contributed by atoms with Crippen LogP contribution in [-0.4, -0.2) is 26.0 Å². The SMILES string of the molecule is Cc1ccccc1NC(=O)C1C2c3ccccc3OC1(C)N=c1s/c(=C/c3cnn(C)c3C)c(=O)n12. The molecule has 3 unspecified atom stereocenters. The molecule has 1 N–H and O–H groups in total. The smallest absolute Gasteiger partial charge is 0.270 e. The number of fused-ring (bicyclic) bond motifs is 6. The predicted molar refractivity (Wildman–Crippen MR) is 138 cm³/mol. The molecule has 3 atom stereocenters. The molecule has 4 aromatic rings. The summed E-state index contributed by atoms with van der Waals surface area (Å²) in [5.74, 6) is -0.363. The van der Waals surface area contributed by atoms with E-state index >= 15 is 0 Å². The van der Waals surface area contributed by atoms with Gasteiger partial charge >= 0.3 is 0 Å². The fourth-order valence-corrected chi connectivity index (χ4v) is 6.16. The molecule has 2 bridgehead atoms. The number of thiazole rings is 1. The van der Waals surface area contributed by atoms with Gasteiger partial charge in [-0.1, -0.05) is 47.7 Å². The Morgan fingerprint density at radius 1 is 1.17 bits per heavy atom. The number of benzene rings is 2. The molecule has 2 aliphatic heterocycles. The molecule has 9 heteroatoms. The number of hydrogen-bond donors (Lipinski definition) is 1. The van der Waals surface area contributed by atoms with Crippen LogP contribution in [0, 0.1) is 19.8 Å². The van der Waals surface area contributed by atoms with E-state index in [9.17, 15) is 9.59 Å². The second-order valence-electron chi connectivity index (χ2n) is 9.41. The lowest BCUT2D eigenvalue weighted by molar-refractivity contribution is -0.131. The highest BCUT2D eigenvalue weighted by Crippen LogP contribution is 2.47. The van der Waals surface area contributed by atoms with E-state index in [1.165, 1.54) is 11.3 Å². The topological polar surface area (TPSA) is 90.5 Å². The van der Waals surface area contributed by atoms with Crippen molar-refractivity contribution in [3.8, 4) is 5.75 Å². The summed E-state index contributed by atoms with van der Waals surface area (Å²) in [5.41, 5.74) is 2.94. The molecule has 0 spiro atoms. The fourth-order valence-electron chi connectivity index (χ4n) is 5.07. The van der Waals surface area contributed by atoms with Gasteiger partial charge in [0.1, 0.15) is 11.7 Å². The Morgan fingerprint density at radius 3 is 2.67 bits per heavy atom. The average Bonchev–Trinajstić information content (AvgIpc) is 3.32. The lowest BCUT2D eigenvalue weighted by Crippen LogP contribution is -2.59. The van der Waals surface area contributed by atoms with Gasteiger partial charge in [0, 0.05) is 29.6 Å². The van der Waals surface area contributed by atoms with Crippen LogP contribution in [0.4, 0.5) is 5.69 Å². The van der Waals surface area contributed by atoms with Crippen LogP contribution in [0.2, 0.25) is 0 Å². The van der Waals surface area contributed by atoms with E-state index in [0.717, 1.165) is 28.1 Å². The van der Waals surface area contributed by atoms with Crippen molar-refractivity contribution in [3.63, 3.8) is 0 Å². The van der Waals surface area contributed by atoms with Crippen LogP contribution in [0.15, 0.2) is 64.5 Å². The number of hydrogen-bond acceptors (Lipinski definition) is 6. The number of carbonyl (C=O) groups is 1. The van der Waals surface area contributed by atoms with E-state index in [1.807, 2.05) is 82.4 Å². The third-order valence-electron chi connectivity index (χ3n) is 7.12. The molecule has 0 saturated heterocycles. The van der Waals surface area contributed by atoms with E-state index in [0.29, 0.717) is 15.1 Å². The van der Waals surface area contributed by atoms with Gasteiger partial charge < -0.3 is 10.1 Å². The molecule has 0 aliphatic carbocycles. The first kappa shape index (κ1) is 22.5. The van der Waals surface area contributed by atoms with E-state index in [1.54, 1.807) is 15.4 Å². The van der Waals surface area contributed by atoms with Gasteiger partial charge in [-0.2, -0.15) is 5.10 Å². The molecule has 36 heavy (non-hydrogen) atoms. The molecular formula is C27H25N5O3S. The van der Waals surface area contributed by atoms with Gasteiger partial charge in [-0.05, 0) is 44.5 Å². The molecule has 0 radical (unpaired) electrons. The molecule has 4 heterocycles. The molecule has 2 aromatic carbocycles. The van der Waals surface area contributed by atoms with Crippen LogP contribution in [-0.2, 0) is 11.8 Å². The lowest BCUT2D eigenvalue weighted by Gasteiger charge is -2.45. The number of ether oxygens (including phenoxy) is 1. The minimum Gasteiger partial charge on any atom is -0.465 e. The predicted octanol–water partition coefficient (Wildman–Crippen LogP) is 2.68. The van der Waals surface area contributed by atoms with Gasteiger partial charge in [0.2, 0.25) is 11.6 Å². The summed E-state index contributed by atoms with van der Waals surface area (Å²) in [6, 6.07) is 14.6. The van der Waals surface area contributed by atoms with Crippen LogP contribution < -0.4 is 24.9 Å². The first-order chi connectivity index (χ1) is 17.3. The Morgan fingerprint density at radius 2 is 1.92 bits per heavy atom. The fraction of sp³-hybridized carbons (Fsp3) is 0.259. The largest absolute Gasteiger partial charge is 0.465 e. The van der Waals surface area contributed by atoms with Crippen molar-refractivity contribution in [3.05, 3.63) is 96.8 Å². The standard InChI is InChI=1S/C27H25N5O3S/c1-15-9-5-7-11-19(15)29-24(33)22-23-18-10-6-8-12-20(18)35-27(22,3)30-26-32(23)25(34)21(36-26)13-17-14-28-31(4)16(17)2/h5-14,22-23H,1-4H3,(H,29,33)/b21-13+. The van der Waals surface area contributed by atoms with Gasteiger partial charge in [0.15, 0.2) is 4.80 Å². The van der Waals surface area contributed by atoms with Gasteiger partial charge in [-0.25, -0.2) is 4.99 Å². The Hall–Kier alpha value is -3.98. The van der Waals surface area contributed by atoms with Gasteiger partial charge in [-0.15, -0.1) is 0 Å². The zero-order valence-electron chi connectivity index (χ0n) is 20.4. The molecular weight excluding hydrogens is 474 g/mol. The third kappa shape index (κ3) is 3.34. The lowest BCUT2D eigenvalue weighted by atomic mass is 9.80. The molecule has 1 amide bonds. The normalized spacial score (nSPS) is 22.3. The number of anilines is 1. The zero-order valence-corrected chi connectivity index (χ0v) is 21.2. The van der Waals surface area contributed by atoms with Crippen molar-refractivity contribution in [2.45, 2.75) is 32.5 Å². The van der Waals surface area contributed by atoms with Crippen molar-refractivity contribution in [1.29, 1.82) is 0 Å². The monoisotopic (exact) mass is 499 g/mol. The number of aryl methyl sites for hydroxylation is 2. The summed E-state index contributed by atoms with van der Waals surface area (Å²) >= 11 is 1.30. The number of aromatic nitrogens is 3. The van der Waals surface area contributed by atoms with Crippen LogP contribution in [0.5, 0.6) is 5.75 Å². The Bertz CT molecular complexity index is 1720. The summed E-state index contributed by atoms with van der Waals surface area (Å²) in [6.07, 6.45) is 3.59. The summed E-state index contributed by atoms with van der Waals surface area (Å²) in [5, 5.41) is 7.35. The molecule has 0 fully saturated rings. The Labute approximate surface area is 211 Å². The van der Waals surface area contributed by atoms with Crippen molar-refractivity contribution in [2.24, 2.45) is 18.0 Å². The van der Waals surface area contributed by atoms with E-state index in [4.69, 9.17) is 9.73 Å². The number of nitrogens with one attached hydrogen (secondary N) is 1. The molecule has 8 nitrogen and oxygen atoms in total. The number of nitrogens with zero attached hydrogens (tertiary/aromatic N) is 4. The summed E-state index contributed by atoms with van der Waals surface area (Å²) in [4.78, 5) is 33.1. The minimum atomic E-state index is -1.18. The highest BCUT2D eigenvalue weighted by molar-refractivity contribution is 7.07. The van der Waals surface area contributed by atoms with Gasteiger partial charge in [-0.3, -0.25) is 18.8 Å². The van der Waals surface area contributed by atoms with Crippen molar-refractivity contribution >= 4 is 29.0 Å². The van der Waals surface area contributed by atoms with Crippen LogP contribution in [0.1, 0.15) is 35.3 Å². The van der Waals surface area contributed by atoms with Gasteiger partial charge in [0.05, 0.1) is 16.8 Å². The summed E-state index contributed by atoms with van der Waals surface area (Å²) in [6.45, 7) is 5.72. The Balaban J connectivity index is 1.55. The second-order valence-corrected chi connectivity index (χ2v) is 10.4.